The van der Waals surface area contributed by atoms with Gasteiger partial charge in [0.05, 0.1) is 0 Å². The van der Waals surface area contributed by atoms with Gasteiger partial charge in [-0.2, -0.15) is 0 Å². The SMILES string of the molecule is Cc1ccc2c(CSc3nnc(N)n3C3CC3)cc(=O)oc2c1C. The van der Waals surface area contributed by atoms with Crippen LogP contribution < -0.4 is 11.4 Å². The van der Waals surface area contributed by atoms with Crippen molar-refractivity contribution in [2.24, 2.45) is 0 Å². The lowest BCUT2D eigenvalue weighted by molar-refractivity contribution is 0.557. The predicted octanol–water partition coefficient (Wildman–Crippen LogP) is 3.21. The highest BCUT2D eigenvalue weighted by molar-refractivity contribution is 7.98. The summed E-state index contributed by atoms with van der Waals surface area (Å²) in [4.78, 5) is 11.9. The third-order valence-electron chi connectivity index (χ3n) is 4.48. The average Bonchev–Trinajstić information content (AvgIpc) is 3.32. The van der Waals surface area contributed by atoms with Crippen LogP contribution in [-0.2, 0) is 5.75 Å². The van der Waals surface area contributed by atoms with Crippen LogP contribution in [0, 0.1) is 13.8 Å². The highest BCUT2D eigenvalue weighted by Gasteiger charge is 2.28. The predicted molar refractivity (Wildman–Crippen MR) is 94.2 cm³/mol. The summed E-state index contributed by atoms with van der Waals surface area (Å²) in [5.41, 5.74) is 9.31. The smallest absolute Gasteiger partial charge is 0.336 e. The van der Waals surface area contributed by atoms with Gasteiger partial charge in [0, 0.05) is 23.2 Å². The molecule has 0 bridgehead atoms. The second-order valence-corrected chi connectivity index (χ2v) is 7.15. The molecule has 24 heavy (non-hydrogen) atoms. The summed E-state index contributed by atoms with van der Waals surface area (Å²) in [5, 5.41) is 9.93. The molecule has 2 N–H and O–H groups in total. The fraction of sp³-hybridized carbons (Fsp3) is 0.353. The molecule has 2 heterocycles. The molecule has 1 saturated carbocycles. The molecular weight excluding hydrogens is 324 g/mol. The van der Waals surface area contributed by atoms with Crippen molar-refractivity contribution in [1.82, 2.24) is 14.8 Å². The number of nitrogens with zero attached hydrogens (tertiary/aromatic N) is 3. The van der Waals surface area contributed by atoms with Gasteiger partial charge in [0.25, 0.3) is 0 Å². The Bertz CT molecular complexity index is 988. The Morgan fingerprint density at radius 2 is 2.12 bits per heavy atom. The zero-order chi connectivity index (χ0) is 16.8. The second-order valence-electron chi connectivity index (χ2n) is 6.21. The zero-order valence-corrected chi connectivity index (χ0v) is 14.4. The summed E-state index contributed by atoms with van der Waals surface area (Å²) in [6.07, 6.45) is 2.23. The molecule has 124 valence electrons. The average molecular weight is 342 g/mol. The maximum absolute atomic E-state index is 11.9. The Labute approximate surface area is 143 Å². The van der Waals surface area contributed by atoms with Crippen molar-refractivity contribution in [3.8, 4) is 0 Å². The Kier molecular flexibility index (Phi) is 3.60. The van der Waals surface area contributed by atoms with Gasteiger partial charge in [0.1, 0.15) is 5.58 Å². The first kappa shape index (κ1) is 15.3. The number of anilines is 1. The van der Waals surface area contributed by atoms with Crippen molar-refractivity contribution in [2.45, 2.75) is 43.6 Å². The van der Waals surface area contributed by atoms with Crippen molar-refractivity contribution in [2.75, 3.05) is 5.73 Å². The van der Waals surface area contributed by atoms with E-state index in [1.54, 1.807) is 17.8 Å². The number of fused-ring (bicyclic) bond motifs is 1. The van der Waals surface area contributed by atoms with Gasteiger partial charge in [-0.3, -0.25) is 4.57 Å². The normalized spacial score (nSPS) is 14.4. The fourth-order valence-electron chi connectivity index (χ4n) is 2.85. The molecule has 2 aromatic heterocycles. The summed E-state index contributed by atoms with van der Waals surface area (Å²) < 4.78 is 7.42. The molecule has 0 saturated heterocycles. The zero-order valence-electron chi connectivity index (χ0n) is 13.6. The van der Waals surface area contributed by atoms with E-state index in [2.05, 4.69) is 16.3 Å². The standard InChI is InChI=1S/C17H18N4O2S/c1-9-3-6-13-11(7-14(22)23-15(13)10(9)2)8-24-17-20-19-16(18)21(17)12-4-5-12/h3,6-7,12H,4-5,8H2,1-2H3,(H2,18,19). The van der Waals surface area contributed by atoms with E-state index in [0.717, 1.165) is 40.1 Å². The van der Waals surface area contributed by atoms with E-state index in [4.69, 9.17) is 10.2 Å². The van der Waals surface area contributed by atoms with E-state index in [1.807, 2.05) is 24.5 Å². The third kappa shape index (κ3) is 2.58. The highest BCUT2D eigenvalue weighted by Crippen LogP contribution is 2.40. The number of aromatic nitrogens is 3. The first-order chi connectivity index (χ1) is 11.5. The second kappa shape index (κ2) is 5.66. The first-order valence-electron chi connectivity index (χ1n) is 7.90. The maximum Gasteiger partial charge on any atom is 0.336 e. The number of aryl methyl sites for hydroxylation is 2. The lowest BCUT2D eigenvalue weighted by atomic mass is 10.0. The van der Waals surface area contributed by atoms with Crippen molar-refractivity contribution >= 4 is 28.7 Å². The molecule has 0 aliphatic heterocycles. The molecule has 1 fully saturated rings. The summed E-state index contributed by atoms with van der Waals surface area (Å²) >= 11 is 1.55. The van der Waals surface area contributed by atoms with Crippen LogP contribution in [-0.4, -0.2) is 14.8 Å². The quantitative estimate of drug-likeness (QED) is 0.579. The maximum atomic E-state index is 11.9. The topological polar surface area (TPSA) is 86.9 Å². The lowest BCUT2D eigenvalue weighted by Gasteiger charge is -2.09. The highest BCUT2D eigenvalue weighted by atomic mass is 32.2. The van der Waals surface area contributed by atoms with E-state index < -0.39 is 0 Å². The minimum atomic E-state index is -0.324. The van der Waals surface area contributed by atoms with Crippen LogP contribution in [0.4, 0.5) is 5.95 Å². The van der Waals surface area contributed by atoms with Gasteiger partial charge >= 0.3 is 5.63 Å². The van der Waals surface area contributed by atoms with Gasteiger partial charge in [0.15, 0.2) is 5.16 Å². The summed E-state index contributed by atoms with van der Waals surface area (Å²) in [5.74, 6) is 1.08. The van der Waals surface area contributed by atoms with Crippen molar-refractivity contribution < 1.29 is 4.42 Å². The van der Waals surface area contributed by atoms with Crippen LogP contribution in [0.3, 0.4) is 0 Å². The van der Waals surface area contributed by atoms with Gasteiger partial charge in [-0.05, 0) is 43.4 Å². The minimum absolute atomic E-state index is 0.324. The van der Waals surface area contributed by atoms with Gasteiger partial charge in [-0.1, -0.05) is 23.9 Å². The molecule has 3 aromatic rings. The number of nitrogen functional groups attached to an aromatic ring is 1. The number of hydrogen-bond acceptors (Lipinski definition) is 6. The molecule has 1 aliphatic carbocycles. The van der Waals surface area contributed by atoms with Gasteiger partial charge < -0.3 is 10.2 Å². The van der Waals surface area contributed by atoms with Gasteiger partial charge in [0.2, 0.25) is 5.95 Å². The van der Waals surface area contributed by atoms with Crippen molar-refractivity contribution in [1.29, 1.82) is 0 Å². The van der Waals surface area contributed by atoms with E-state index in [0.29, 0.717) is 23.3 Å². The Hall–Kier alpha value is -2.28. The lowest BCUT2D eigenvalue weighted by Crippen LogP contribution is -2.03. The third-order valence-corrected chi connectivity index (χ3v) is 5.47. The number of benzene rings is 1. The summed E-state index contributed by atoms with van der Waals surface area (Å²) in [6, 6.07) is 6.04. The fourth-order valence-corrected chi connectivity index (χ4v) is 3.85. The summed E-state index contributed by atoms with van der Waals surface area (Å²) in [7, 11) is 0. The molecular formula is C17H18N4O2S. The minimum Gasteiger partial charge on any atom is -0.422 e. The van der Waals surface area contributed by atoms with Crippen LogP contribution in [0.1, 0.15) is 35.6 Å². The van der Waals surface area contributed by atoms with E-state index in [1.165, 1.54) is 0 Å². The number of nitrogens with two attached hydrogens (primary N) is 1. The molecule has 7 heteroatoms. The molecule has 1 aromatic carbocycles. The molecule has 4 rings (SSSR count). The Morgan fingerprint density at radius 1 is 1.33 bits per heavy atom. The summed E-state index contributed by atoms with van der Waals surface area (Å²) in [6.45, 7) is 3.99. The van der Waals surface area contributed by atoms with Crippen molar-refractivity contribution in [3.63, 3.8) is 0 Å². The monoisotopic (exact) mass is 342 g/mol. The number of hydrogen-bond donors (Lipinski definition) is 1. The van der Waals surface area contributed by atoms with Crippen molar-refractivity contribution in [3.05, 3.63) is 45.3 Å². The largest absolute Gasteiger partial charge is 0.422 e. The Balaban J connectivity index is 1.70. The van der Waals surface area contributed by atoms with Crippen LogP contribution in [0.5, 0.6) is 0 Å². The van der Waals surface area contributed by atoms with Crippen LogP contribution >= 0.6 is 11.8 Å². The molecule has 6 nitrogen and oxygen atoms in total. The van der Waals surface area contributed by atoms with Gasteiger partial charge in [-0.15, -0.1) is 10.2 Å². The van der Waals surface area contributed by atoms with E-state index in [-0.39, 0.29) is 5.63 Å². The van der Waals surface area contributed by atoms with Crippen LogP contribution in [0.25, 0.3) is 11.0 Å². The first-order valence-corrected chi connectivity index (χ1v) is 8.89. The molecule has 1 aliphatic rings. The van der Waals surface area contributed by atoms with Crippen LogP contribution in [0.2, 0.25) is 0 Å². The van der Waals surface area contributed by atoms with E-state index >= 15 is 0 Å². The molecule has 0 atom stereocenters. The van der Waals surface area contributed by atoms with Gasteiger partial charge in [-0.25, -0.2) is 4.79 Å². The number of rotatable bonds is 4. The molecule has 0 radical (unpaired) electrons. The number of thioether (sulfide) groups is 1. The molecule has 0 spiro atoms. The molecule has 0 unspecified atom stereocenters. The molecule has 0 amide bonds. The Morgan fingerprint density at radius 3 is 2.88 bits per heavy atom. The van der Waals surface area contributed by atoms with E-state index in [9.17, 15) is 4.79 Å². The van der Waals surface area contributed by atoms with Crippen LogP contribution in [0.15, 0.2) is 32.6 Å².